The first-order valence-corrected chi connectivity index (χ1v) is 19.2. The van der Waals surface area contributed by atoms with E-state index in [0.29, 0.717) is 48.8 Å². The minimum Gasteiger partial charge on any atom is -0.458 e. The molecule has 3 aromatic rings. The molecule has 3 amide bonds. The number of rotatable bonds is 18. The molecule has 0 spiro atoms. The molecule has 18 nitrogen and oxygen atoms in total. The Hall–Kier alpha value is -5.39. The first-order valence-electron chi connectivity index (χ1n) is 19.2. The highest BCUT2D eigenvalue weighted by molar-refractivity contribution is 6.02. The Kier molecular flexibility index (Phi) is 12.9. The molecule has 4 heterocycles. The van der Waals surface area contributed by atoms with Crippen molar-refractivity contribution in [3.05, 3.63) is 66.8 Å². The van der Waals surface area contributed by atoms with Gasteiger partial charge in [-0.15, -0.1) is 0 Å². The molecule has 2 aromatic heterocycles. The van der Waals surface area contributed by atoms with Gasteiger partial charge in [0.25, 0.3) is 5.56 Å². The number of carbonyl (C=O) groups excluding carboxylic acids is 4. The Labute approximate surface area is 328 Å². The standard InChI is InChI=1S/C39H48N8O10/c1-5-39(53)27-17-30-34-25(18-47(30)37(51)26(27)19-57-38(39)52)23-7-6-8-24-28(9-10-29(43-34)32(23)24)44-35(49)22(4)42-36(50)33(21(2)3)45-31(48)20-56-16-15-55-14-13-54-12-11-41-46-40/h9-10,17,21-22,33,53H,5-8,11-16,18-20H2,1-4H3,(H,42,50)(H,44,49)(H,45,48)/t22-,33-,39-/m0/s1. The number of benzene rings is 1. The van der Waals surface area contributed by atoms with Crippen LogP contribution in [-0.2, 0) is 69.7 Å². The van der Waals surface area contributed by atoms with Gasteiger partial charge < -0.3 is 44.6 Å². The number of amides is 3. The molecule has 1 aromatic carbocycles. The maximum Gasteiger partial charge on any atom is 0.343 e. The van der Waals surface area contributed by atoms with E-state index in [1.807, 2.05) is 6.07 Å². The number of fused-ring (bicyclic) bond motifs is 5. The van der Waals surface area contributed by atoms with Crippen molar-refractivity contribution >= 4 is 40.3 Å². The lowest BCUT2D eigenvalue weighted by atomic mass is 9.85. The number of anilines is 1. The summed E-state index contributed by atoms with van der Waals surface area (Å²) in [5.74, 6) is -2.51. The van der Waals surface area contributed by atoms with Gasteiger partial charge in [-0.3, -0.25) is 19.2 Å². The molecule has 18 heteroatoms. The number of nitrogens with zero attached hydrogens (tertiary/aromatic N) is 5. The van der Waals surface area contributed by atoms with Crippen LogP contribution in [0.2, 0.25) is 0 Å². The van der Waals surface area contributed by atoms with Gasteiger partial charge in [-0.1, -0.05) is 25.9 Å². The van der Waals surface area contributed by atoms with Gasteiger partial charge in [0, 0.05) is 33.7 Å². The summed E-state index contributed by atoms with van der Waals surface area (Å²) in [7, 11) is 0. The molecule has 1 aliphatic carbocycles. The number of aryl methyl sites for hydroxylation is 2. The second kappa shape index (κ2) is 17.8. The van der Waals surface area contributed by atoms with Gasteiger partial charge >= 0.3 is 5.97 Å². The highest BCUT2D eigenvalue weighted by Crippen LogP contribution is 2.43. The number of carbonyl (C=O) groups is 4. The van der Waals surface area contributed by atoms with E-state index in [2.05, 4.69) is 26.0 Å². The number of esters is 1. The molecule has 0 radical (unpaired) electrons. The first-order chi connectivity index (χ1) is 27.4. The van der Waals surface area contributed by atoms with Crippen molar-refractivity contribution in [3.63, 3.8) is 0 Å². The van der Waals surface area contributed by atoms with Crippen molar-refractivity contribution in [3.8, 4) is 11.4 Å². The fraction of sp³-hybridized carbons (Fsp3) is 0.538. The Morgan fingerprint density at radius 1 is 1.00 bits per heavy atom. The van der Waals surface area contributed by atoms with Gasteiger partial charge in [-0.25, -0.2) is 9.78 Å². The number of azide groups is 1. The van der Waals surface area contributed by atoms with Gasteiger partial charge in [-0.2, -0.15) is 0 Å². The van der Waals surface area contributed by atoms with E-state index in [9.17, 15) is 29.1 Å². The number of hydrogen-bond donors (Lipinski definition) is 4. The van der Waals surface area contributed by atoms with E-state index in [4.69, 9.17) is 29.5 Å². The largest absolute Gasteiger partial charge is 0.458 e. The molecule has 0 bridgehead atoms. The monoisotopic (exact) mass is 788 g/mol. The number of pyridine rings is 2. The number of ether oxygens (including phenoxy) is 4. The van der Waals surface area contributed by atoms with E-state index in [0.717, 1.165) is 34.9 Å². The first kappa shape index (κ1) is 41.2. The zero-order valence-electron chi connectivity index (χ0n) is 32.5. The van der Waals surface area contributed by atoms with Crippen molar-refractivity contribution in [2.45, 2.75) is 84.2 Å². The summed E-state index contributed by atoms with van der Waals surface area (Å²) in [5.41, 5.74) is 11.8. The van der Waals surface area contributed by atoms with Gasteiger partial charge in [0.15, 0.2) is 5.60 Å². The molecule has 57 heavy (non-hydrogen) atoms. The average Bonchev–Trinajstić information content (AvgIpc) is 3.57. The van der Waals surface area contributed by atoms with Crippen LogP contribution in [0.5, 0.6) is 0 Å². The summed E-state index contributed by atoms with van der Waals surface area (Å²) in [6, 6.07) is 3.44. The summed E-state index contributed by atoms with van der Waals surface area (Å²) < 4.78 is 22.8. The molecular weight excluding hydrogens is 740 g/mol. The number of aromatic nitrogens is 2. The molecule has 304 valence electrons. The number of hydrogen-bond acceptors (Lipinski definition) is 12. The molecule has 0 fully saturated rings. The fourth-order valence-corrected chi connectivity index (χ4v) is 7.55. The summed E-state index contributed by atoms with van der Waals surface area (Å²) in [5, 5.41) is 23.9. The van der Waals surface area contributed by atoms with Gasteiger partial charge in [-0.05, 0) is 73.4 Å². The van der Waals surface area contributed by atoms with E-state index < -0.39 is 41.4 Å². The van der Waals surface area contributed by atoms with E-state index in [-0.39, 0.29) is 68.5 Å². The van der Waals surface area contributed by atoms with Crippen molar-refractivity contribution in [1.82, 2.24) is 20.2 Å². The van der Waals surface area contributed by atoms with Crippen LogP contribution in [0.15, 0.2) is 28.1 Å². The summed E-state index contributed by atoms with van der Waals surface area (Å²) in [6.07, 6.45) is 2.26. The van der Waals surface area contributed by atoms with Crippen molar-refractivity contribution in [2.24, 2.45) is 11.0 Å². The molecule has 0 saturated carbocycles. The summed E-state index contributed by atoms with van der Waals surface area (Å²) in [6.45, 7) is 8.14. The minimum atomic E-state index is -1.92. The van der Waals surface area contributed by atoms with Crippen molar-refractivity contribution in [2.75, 3.05) is 51.5 Å². The lowest BCUT2D eigenvalue weighted by molar-refractivity contribution is -0.172. The SMILES string of the molecule is CC[C@@]1(O)C(=O)OCc2c1cc1n(c2=O)Cc2c-1nc1ccc(NC(=O)[C@H](C)NC(=O)[C@@H](NC(=O)COCCOCCOCCN=[N+]=[N-])C(C)C)c3c1c2CCC3. The zero-order chi connectivity index (χ0) is 40.9. The molecule has 6 rings (SSSR count). The maximum atomic E-state index is 13.7. The third kappa shape index (κ3) is 8.50. The zero-order valence-corrected chi connectivity index (χ0v) is 32.5. The lowest BCUT2D eigenvalue weighted by Crippen LogP contribution is -2.54. The van der Waals surface area contributed by atoms with E-state index in [1.54, 1.807) is 44.4 Å². The van der Waals surface area contributed by atoms with Crippen LogP contribution in [0.4, 0.5) is 5.69 Å². The van der Waals surface area contributed by atoms with Crippen LogP contribution in [0.3, 0.4) is 0 Å². The summed E-state index contributed by atoms with van der Waals surface area (Å²) in [4.78, 5) is 73.4. The Bertz CT molecular complexity index is 2180. The van der Waals surface area contributed by atoms with Gasteiger partial charge in [0.1, 0.15) is 25.3 Å². The average molecular weight is 789 g/mol. The maximum absolute atomic E-state index is 13.7. The number of aliphatic hydroxyl groups is 1. The predicted molar refractivity (Wildman–Crippen MR) is 206 cm³/mol. The minimum absolute atomic E-state index is 0.0511. The Morgan fingerprint density at radius 3 is 2.44 bits per heavy atom. The molecule has 0 unspecified atom stereocenters. The second-order valence-corrected chi connectivity index (χ2v) is 14.6. The molecule has 4 N–H and O–H groups in total. The fourth-order valence-electron chi connectivity index (χ4n) is 7.55. The predicted octanol–water partition coefficient (Wildman–Crippen LogP) is 2.51. The van der Waals surface area contributed by atoms with E-state index >= 15 is 0 Å². The van der Waals surface area contributed by atoms with Crippen molar-refractivity contribution < 1.29 is 43.2 Å². The Morgan fingerprint density at radius 2 is 1.72 bits per heavy atom. The third-order valence-electron chi connectivity index (χ3n) is 10.6. The topological polar surface area (TPSA) is 245 Å². The lowest BCUT2D eigenvalue weighted by Gasteiger charge is -2.31. The number of nitrogens with one attached hydrogen (secondary N) is 3. The van der Waals surface area contributed by atoms with Crippen LogP contribution in [0.1, 0.15) is 68.4 Å². The van der Waals surface area contributed by atoms with Crippen molar-refractivity contribution in [1.29, 1.82) is 0 Å². The smallest absolute Gasteiger partial charge is 0.343 e. The molecule has 3 atom stereocenters. The van der Waals surface area contributed by atoms with Crippen LogP contribution < -0.4 is 21.5 Å². The summed E-state index contributed by atoms with van der Waals surface area (Å²) >= 11 is 0. The third-order valence-corrected chi connectivity index (χ3v) is 10.6. The van der Waals surface area contributed by atoms with Crippen LogP contribution in [0.25, 0.3) is 32.7 Å². The molecule has 2 aliphatic heterocycles. The molecule has 0 saturated heterocycles. The van der Waals surface area contributed by atoms with Gasteiger partial charge in [0.2, 0.25) is 17.7 Å². The highest BCUT2D eigenvalue weighted by atomic mass is 16.6. The quantitative estimate of drug-likeness (QED) is 0.0375. The van der Waals surface area contributed by atoms with Crippen LogP contribution in [-0.4, -0.2) is 96.6 Å². The second-order valence-electron chi connectivity index (χ2n) is 14.6. The van der Waals surface area contributed by atoms with Crippen LogP contribution >= 0.6 is 0 Å². The van der Waals surface area contributed by atoms with E-state index in [1.165, 1.54) is 0 Å². The Balaban J connectivity index is 1.08. The number of cyclic esters (lactones) is 1. The highest BCUT2D eigenvalue weighted by Gasteiger charge is 2.45. The molecular formula is C39H48N8O10. The molecule has 3 aliphatic rings. The van der Waals surface area contributed by atoms with Gasteiger partial charge in [0.05, 0.1) is 62.0 Å². The normalized spacial score (nSPS) is 17.5. The van der Waals surface area contributed by atoms with Crippen LogP contribution in [0, 0.1) is 5.92 Å².